The lowest BCUT2D eigenvalue weighted by Crippen LogP contribution is -2.17. The van der Waals surface area contributed by atoms with Crippen molar-refractivity contribution in [2.45, 2.75) is 11.1 Å². The van der Waals surface area contributed by atoms with E-state index in [2.05, 4.69) is 4.72 Å². The molecule has 0 unspecified atom stereocenters. The maximum absolute atomic E-state index is 12.7. The van der Waals surface area contributed by atoms with E-state index in [1.165, 1.54) is 42.5 Å². The molecule has 32 heavy (non-hydrogen) atoms. The van der Waals surface area contributed by atoms with Crippen molar-refractivity contribution < 1.29 is 30.0 Å². The number of nitrogens with one attached hydrogen (secondary N) is 1. The number of hydrogen-bond donors (Lipinski definition) is 2. The van der Waals surface area contributed by atoms with E-state index in [-0.39, 0.29) is 10.6 Å². The molecule has 0 aliphatic rings. The van der Waals surface area contributed by atoms with Crippen molar-refractivity contribution in [2.24, 2.45) is 5.14 Å². The number of hydrogen-bond acceptors (Lipinski definition) is 4. The minimum atomic E-state index is -4.42. The molecule has 0 saturated heterocycles. The van der Waals surface area contributed by atoms with E-state index in [4.69, 9.17) is 5.14 Å². The Labute approximate surface area is 183 Å². The van der Waals surface area contributed by atoms with Gasteiger partial charge in [0.1, 0.15) is 4.90 Å². The van der Waals surface area contributed by atoms with E-state index >= 15 is 0 Å². The Morgan fingerprint density at radius 3 is 1.84 bits per heavy atom. The van der Waals surface area contributed by atoms with Crippen LogP contribution in [0.1, 0.15) is 11.1 Å². The predicted octanol–water partition coefficient (Wildman–Crippen LogP) is 4.43. The van der Waals surface area contributed by atoms with Crippen molar-refractivity contribution in [1.82, 2.24) is 0 Å². The zero-order chi connectivity index (χ0) is 23.6. The number of halogens is 3. The van der Waals surface area contributed by atoms with E-state index in [0.717, 1.165) is 17.5 Å². The maximum Gasteiger partial charge on any atom is 0.416 e. The highest BCUT2D eigenvalue weighted by atomic mass is 32.2. The third-order valence-electron chi connectivity index (χ3n) is 4.34. The van der Waals surface area contributed by atoms with Gasteiger partial charge in [-0.05, 0) is 47.0 Å². The van der Waals surface area contributed by atoms with Crippen LogP contribution in [0.15, 0.2) is 83.1 Å². The molecule has 0 radical (unpaired) electrons. The maximum atomic E-state index is 12.7. The summed E-state index contributed by atoms with van der Waals surface area (Å²) in [6.07, 6.45) is -3.13. The molecule has 0 atom stereocenters. The average molecular weight is 483 g/mol. The topological polar surface area (TPSA) is 106 Å². The highest BCUT2D eigenvalue weighted by Gasteiger charge is 2.29. The molecule has 168 valence electrons. The first-order valence-corrected chi connectivity index (χ1v) is 12.0. The number of rotatable bonds is 6. The van der Waals surface area contributed by atoms with Crippen molar-refractivity contribution >= 4 is 31.8 Å². The first-order valence-electron chi connectivity index (χ1n) is 8.96. The summed E-state index contributed by atoms with van der Waals surface area (Å²) in [7, 11) is -8.18. The fourth-order valence-electron chi connectivity index (χ4n) is 2.79. The SMILES string of the molecule is NS(=O)(=O)c1ccccc1NS(=O)(=O)C=Cc1ccc(-c2ccc(C(F)(F)F)cc2)cc1. The van der Waals surface area contributed by atoms with Crippen molar-refractivity contribution in [3.63, 3.8) is 0 Å². The second-order valence-electron chi connectivity index (χ2n) is 6.69. The lowest BCUT2D eigenvalue weighted by Gasteiger charge is -2.09. The molecule has 3 aromatic carbocycles. The van der Waals surface area contributed by atoms with Crippen LogP contribution in [0.25, 0.3) is 17.2 Å². The summed E-state index contributed by atoms with van der Waals surface area (Å²) in [6, 6.07) is 16.5. The first-order chi connectivity index (χ1) is 14.9. The number of nitrogens with two attached hydrogens (primary N) is 1. The molecule has 0 aliphatic heterocycles. The zero-order valence-corrected chi connectivity index (χ0v) is 17.9. The highest BCUT2D eigenvalue weighted by molar-refractivity contribution is 7.95. The van der Waals surface area contributed by atoms with Gasteiger partial charge >= 0.3 is 6.18 Å². The Kier molecular flexibility index (Phi) is 6.44. The number of alkyl halides is 3. The second-order valence-corrected chi connectivity index (χ2v) is 9.78. The Morgan fingerprint density at radius 1 is 0.781 bits per heavy atom. The highest BCUT2D eigenvalue weighted by Crippen LogP contribution is 2.31. The molecule has 0 aromatic heterocycles. The van der Waals surface area contributed by atoms with Gasteiger partial charge in [-0.25, -0.2) is 22.0 Å². The smallest absolute Gasteiger partial charge is 0.279 e. The van der Waals surface area contributed by atoms with Crippen LogP contribution < -0.4 is 9.86 Å². The van der Waals surface area contributed by atoms with Crippen LogP contribution in [0.2, 0.25) is 0 Å². The summed E-state index contributed by atoms with van der Waals surface area (Å²) in [5.74, 6) is 0. The summed E-state index contributed by atoms with van der Waals surface area (Å²) < 4.78 is 88.0. The van der Waals surface area contributed by atoms with E-state index in [1.54, 1.807) is 24.3 Å². The lowest BCUT2D eigenvalue weighted by atomic mass is 10.0. The minimum absolute atomic E-state index is 0.183. The number of anilines is 1. The van der Waals surface area contributed by atoms with Crippen LogP contribution in [0.3, 0.4) is 0 Å². The van der Waals surface area contributed by atoms with E-state index < -0.39 is 31.8 Å². The summed E-state index contributed by atoms with van der Waals surface area (Å²) in [6.45, 7) is 0. The molecule has 3 aromatic rings. The number of sulfonamides is 2. The molecular weight excluding hydrogens is 465 g/mol. The predicted molar refractivity (Wildman–Crippen MR) is 116 cm³/mol. The zero-order valence-electron chi connectivity index (χ0n) is 16.2. The van der Waals surface area contributed by atoms with E-state index in [1.807, 2.05) is 0 Å². The van der Waals surface area contributed by atoms with Crippen molar-refractivity contribution in [3.05, 3.63) is 89.3 Å². The summed E-state index contributed by atoms with van der Waals surface area (Å²) in [5, 5.41) is 5.96. The van der Waals surface area contributed by atoms with Crippen LogP contribution in [0.4, 0.5) is 18.9 Å². The molecule has 0 fully saturated rings. The molecule has 6 nitrogen and oxygen atoms in total. The molecule has 0 spiro atoms. The monoisotopic (exact) mass is 482 g/mol. The second kappa shape index (κ2) is 8.77. The van der Waals surface area contributed by atoms with Crippen LogP contribution in [-0.2, 0) is 26.2 Å². The van der Waals surface area contributed by atoms with Crippen molar-refractivity contribution in [2.75, 3.05) is 4.72 Å². The molecule has 3 rings (SSSR count). The Morgan fingerprint density at radius 2 is 1.31 bits per heavy atom. The average Bonchev–Trinajstić information content (AvgIpc) is 2.71. The fraction of sp³-hybridized carbons (Fsp3) is 0.0476. The van der Waals surface area contributed by atoms with Gasteiger partial charge in [0.2, 0.25) is 10.0 Å². The van der Waals surface area contributed by atoms with Gasteiger partial charge in [-0.3, -0.25) is 4.72 Å². The first kappa shape index (κ1) is 23.5. The van der Waals surface area contributed by atoms with Gasteiger partial charge in [0.25, 0.3) is 10.0 Å². The van der Waals surface area contributed by atoms with Gasteiger partial charge < -0.3 is 0 Å². The van der Waals surface area contributed by atoms with E-state index in [9.17, 15) is 30.0 Å². The van der Waals surface area contributed by atoms with Crippen LogP contribution in [-0.4, -0.2) is 16.8 Å². The molecule has 0 heterocycles. The number of para-hydroxylation sites is 1. The summed E-state index contributed by atoms with van der Waals surface area (Å²) in [4.78, 5) is -0.363. The Hall–Kier alpha value is -3.15. The number of primary sulfonamides is 1. The molecule has 11 heteroatoms. The Balaban J connectivity index is 1.76. The van der Waals surface area contributed by atoms with Gasteiger partial charge in [-0.2, -0.15) is 13.2 Å². The third kappa shape index (κ3) is 5.96. The van der Waals surface area contributed by atoms with Gasteiger partial charge in [0, 0.05) is 0 Å². The molecule has 0 amide bonds. The normalized spacial score (nSPS) is 12.8. The minimum Gasteiger partial charge on any atom is -0.279 e. The van der Waals surface area contributed by atoms with Crippen molar-refractivity contribution in [1.29, 1.82) is 0 Å². The standard InChI is InChI=1S/C21H17F3N2O4S2/c22-21(23,24)18-11-9-17(10-12-18)16-7-5-15(6-8-16)13-14-31(27,28)26-19-3-1-2-4-20(19)32(25,29)30/h1-14,26H,(H2,25,29,30). The van der Waals surface area contributed by atoms with Crippen LogP contribution >= 0.6 is 0 Å². The van der Waals surface area contributed by atoms with Gasteiger partial charge in [0.05, 0.1) is 16.7 Å². The molecule has 3 N–H and O–H groups in total. The largest absolute Gasteiger partial charge is 0.416 e. The molecule has 0 saturated carbocycles. The third-order valence-corrected chi connectivity index (χ3v) is 6.31. The summed E-state index contributed by atoms with van der Waals surface area (Å²) in [5.41, 5.74) is 0.798. The lowest BCUT2D eigenvalue weighted by molar-refractivity contribution is -0.137. The van der Waals surface area contributed by atoms with Gasteiger partial charge in [0.15, 0.2) is 0 Å². The fourth-order valence-corrected chi connectivity index (χ4v) is 4.44. The molecule has 0 aliphatic carbocycles. The van der Waals surface area contributed by atoms with Gasteiger partial charge in [-0.1, -0.05) is 48.5 Å². The quantitative estimate of drug-likeness (QED) is 0.542. The van der Waals surface area contributed by atoms with E-state index in [0.29, 0.717) is 16.7 Å². The number of benzene rings is 3. The Bertz CT molecular complexity index is 1350. The van der Waals surface area contributed by atoms with Crippen LogP contribution in [0, 0.1) is 0 Å². The van der Waals surface area contributed by atoms with Crippen LogP contribution in [0.5, 0.6) is 0 Å². The molecule has 0 bridgehead atoms. The summed E-state index contributed by atoms with van der Waals surface area (Å²) >= 11 is 0. The van der Waals surface area contributed by atoms with Gasteiger partial charge in [-0.15, -0.1) is 0 Å². The van der Waals surface area contributed by atoms with Crippen molar-refractivity contribution in [3.8, 4) is 11.1 Å². The molecular formula is C21H17F3N2O4S2.